The van der Waals surface area contributed by atoms with Gasteiger partial charge in [-0.15, -0.1) is 0 Å². The van der Waals surface area contributed by atoms with Gasteiger partial charge in [0.05, 0.1) is 11.1 Å². The van der Waals surface area contributed by atoms with Crippen molar-refractivity contribution in [3.63, 3.8) is 0 Å². The van der Waals surface area contributed by atoms with Gasteiger partial charge in [0.1, 0.15) is 22.5 Å². The highest BCUT2D eigenvalue weighted by atomic mass is 16.5. The van der Waals surface area contributed by atoms with Crippen molar-refractivity contribution in [3.05, 3.63) is 63.8 Å². The zero-order valence-corrected chi connectivity index (χ0v) is 12.1. The van der Waals surface area contributed by atoms with Gasteiger partial charge in [0.2, 0.25) is 5.43 Å². The van der Waals surface area contributed by atoms with Crippen LogP contribution in [0.3, 0.4) is 0 Å². The van der Waals surface area contributed by atoms with E-state index in [0.29, 0.717) is 0 Å². The molecular weight excluding hydrogens is 314 g/mol. The molecule has 0 saturated heterocycles. The molecule has 3 aromatic rings. The number of nitrogens with zero attached hydrogens (tertiary/aromatic N) is 1. The summed E-state index contributed by atoms with van der Waals surface area (Å²) in [5, 5.41) is 28.6. The number of aromatic hydroxyl groups is 2. The maximum absolute atomic E-state index is 12.4. The molecule has 0 atom stereocenters. The molecule has 0 aliphatic heterocycles. The van der Waals surface area contributed by atoms with E-state index < -0.39 is 23.1 Å². The van der Waals surface area contributed by atoms with Crippen LogP contribution in [0, 0.1) is 0 Å². The summed E-state index contributed by atoms with van der Waals surface area (Å²) in [5.74, 6) is -2.29. The minimum Gasteiger partial charge on any atom is -0.507 e. The van der Waals surface area contributed by atoms with Crippen molar-refractivity contribution < 1.29 is 24.5 Å². The first-order chi connectivity index (χ1) is 11.5. The zero-order valence-electron chi connectivity index (χ0n) is 12.1. The van der Waals surface area contributed by atoms with Crippen molar-refractivity contribution in [3.8, 4) is 11.7 Å². The number of aliphatic imine (C=N–C) groups is 1. The van der Waals surface area contributed by atoms with E-state index in [1.54, 1.807) is 24.3 Å². The predicted octanol–water partition coefficient (Wildman–Crippen LogP) is 2.65. The SMILES string of the molecule is O=C(O)c1cc(/N=C/c2c(O)oc3ccccc3c2=O)ccc1O. The third-order valence-corrected chi connectivity index (χ3v) is 3.37. The fraction of sp³-hybridized carbons (Fsp3) is 0. The van der Waals surface area contributed by atoms with Crippen LogP contribution in [0.15, 0.2) is 56.7 Å². The number of carboxylic acid groups (broad SMARTS) is 1. The first kappa shape index (κ1) is 15.3. The number of benzene rings is 2. The van der Waals surface area contributed by atoms with Gasteiger partial charge in [-0.3, -0.25) is 9.79 Å². The molecule has 0 radical (unpaired) electrons. The summed E-state index contributed by atoms with van der Waals surface area (Å²) in [6.45, 7) is 0. The minimum absolute atomic E-state index is 0.154. The summed E-state index contributed by atoms with van der Waals surface area (Å²) in [6, 6.07) is 10.1. The second-order valence-electron chi connectivity index (χ2n) is 4.91. The summed E-state index contributed by atoms with van der Waals surface area (Å²) in [5.41, 5.74) is -0.500. The first-order valence-corrected chi connectivity index (χ1v) is 6.82. The molecule has 0 unspecified atom stereocenters. The Labute approximate surface area is 134 Å². The van der Waals surface area contributed by atoms with Gasteiger partial charge in [0, 0.05) is 6.21 Å². The topological polar surface area (TPSA) is 120 Å². The zero-order chi connectivity index (χ0) is 17.3. The molecule has 1 aromatic heterocycles. The standard InChI is InChI=1S/C17H11NO6/c19-13-6-5-9(7-11(13)16(21)22)18-8-12-15(20)10-3-1-2-4-14(10)24-17(12)23/h1-8,19,23H,(H,21,22)/b18-8+. The molecule has 0 amide bonds. The fourth-order valence-corrected chi connectivity index (χ4v) is 2.17. The lowest BCUT2D eigenvalue weighted by molar-refractivity contribution is 0.0693. The summed E-state index contributed by atoms with van der Waals surface area (Å²) in [4.78, 5) is 27.3. The van der Waals surface area contributed by atoms with E-state index >= 15 is 0 Å². The van der Waals surface area contributed by atoms with Crippen molar-refractivity contribution in [2.75, 3.05) is 0 Å². The molecule has 3 rings (SSSR count). The van der Waals surface area contributed by atoms with E-state index in [1.807, 2.05) is 0 Å². The van der Waals surface area contributed by atoms with Crippen LogP contribution in [0.25, 0.3) is 11.0 Å². The second kappa shape index (κ2) is 5.88. The van der Waals surface area contributed by atoms with Crippen molar-refractivity contribution in [2.24, 2.45) is 4.99 Å². The molecule has 7 nitrogen and oxygen atoms in total. The maximum atomic E-state index is 12.4. The quantitative estimate of drug-likeness (QED) is 0.637. The van der Waals surface area contributed by atoms with Gasteiger partial charge in [0.25, 0.3) is 5.95 Å². The van der Waals surface area contributed by atoms with Crippen LogP contribution < -0.4 is 5.43 Å². The van der Waals surface area contributed by atoms with Crippen LogP contribution in [0.4, 0.5) is 5.69 Å². The largest absolute Gasteiger partial charge is 0.507 e. The second-order valence-corrected chi connectivity index (χ2v) is 4.91. The third-order valence-electron chi connectivity index (χ3n) is 3.37. The molecule has 24 heavy (non-hydrogen) atoms. The molecule has 0 spiro atoms. The molecule has 1 heterocycles. The normalized spacial score (nSPS) is 11.2. The number of carbonyl (C=O) groups is 1. The van der Waals surface area contributed by atoms with E-state index in [9.17, 15) is 19.8 Å². The molecule has 0 aliphatic carbocycles. The third kappa shape index (κ3) is 2.70. The number of carboxylic acids is 1. The van der Waals surface area contributed by atoms with Gasteiger partial charge in [0.15, 0.2) is 0 Å². The van der Waals surface area contributed by atoms with Gasteiger partial charge < -0.3 is 19.7 Å². The Hall–Kier alpha value is -3.61. The molecule has 0 bridgehead atoms. The molecule has 0 saturated carbocycles. The van der Waals surface area contributed by atoms with Crippen molar-refractivity contribution in [1.82, 2.24) is 0 Å². The number of para-hydroxylation sites is 1. The van der Waals surface area contributed by atoms with Gasteiger partial charge >= 0.3 is 5.97 Å². The van der Waals surface area contributed by atoms with Crippen molar-refractivity contribution in [1.29, 1.82) is 0 Å². The maximum Gasteiger partial charge on any atom is 0.339 e. The average molecular weight is 325 g/mol. The number of fused-ring (bicyclic) bond motifs is 1. The number of hydrogen-bond acceptors (Lipinski definition) is 6. The van der Waals surface area contributed by atoms with Crippen molar-refractivity contribution >= 4 is 28.8 Å². The van der Waals surface area contributed by atoms with E-state index in [4.69, 9.17) is 9.52 Å². The van der Waals surface area contributed by atoms with Gasteiger partial charge in [-0.2, -0.15) is 0 Å². The van der Waals surface area contributed by atoms with E-state index in [-0.39, 0.29) is 27.8 Å². The lowest BCUT2D eigenvalue weighted by atomic mass is 10.1. The van der Waals surface area contributed by atoms with Crippen LogP contribution in [-0.2, 0) is 0 Å². The first-order valence-electron chi connectivity index (χ1n) is 6.82. The number of rotatable bonds is 3. The number of aromatic carboxylic acids is 1. The molecule has 0 fully saturated rings. The lowest BCUT2D eigenvalue weighted by Gasteiger charge is -2.02. The molecular formula is C17H11NO6. The van der Waals surface area contributed by atoms with Gasteiger partial charge in [-0.1, -0.05) is 12.1 Å². The number of hydrogen-bond donors (Lipinski definition) is 3. The Morgan fingerprint density at radius 3 is 2.62 bits per heavy atom. The van der Waals surface area contributed by atoms with Gasteiger partial charge in [-0.05, 0) is 30.3 Å². The summed E-state index contributed by atoms with van der Waals surface area (Å²) < 4.78 is 5.17. The smallest absolute Gasteiger partial charge is 0.339 e. The average Bonchev–Trinajstić information content (AvgIpc) is 2.55. The number of phenols is 1. The van der Waals surface area contributed by atoms with Crippen LogP contribution >= 0.6 is 0 Å². The van der Waals surface area contributed by atoms with E-state index in [2.05, 4.69) is 4.99 Å². The van der Waals surface area contributed by atoms with Crippen molar-refractivity contribution in [2.45, 2.75) is 0 Å². The monoisotopic (exact) mass is 325 g/mol. The molecule has 2 aromatic carbocycles. The predicted molar refractivity (Wildman–Crippen MR) is 86.5 cm³/mol. The highest BCUT2D eigenvalue weighted by molar-refractivity contribution is 5.93. The Kier molecular flexibility index (Phi) is 3.75. The molecule has 0 aliphatic rings. The Morgan fingerprint density at radius 2 is 1.88 bits per heavy atom. The minimum atomic E-state index is -1.31. The van der Waals surface area contributed by atoms with Crippen LogP contribution in [-0.4, -0.2) is 27.5 Å². The Morgan fingerprint density at radius 1 is 1.12 bits per heavy atom. The van der Waals surface area contributed by atoms with Crippen LogP contribution in [0.1, 0.15) is 15.9 Å². The molecule has 7 heteroatoms. The highest BCUT2D eigenvalue weighted by Crippen LogP contribution is 2.24. The highest BCUT2D eigenvalue weighted by Gasteiger charge is 2.13. The fourth-order valence-electron chi connectivity index (χ4n) is 2.17. The summed E-state index contributed by atoms with van der Waals surface area (Å²) >= 11 is 0. The van der Waals surface area contributed by atoms with Gasteiger partial charge in [-0.25, -0.2) is 4.79 Å². The van der Waals surface area contributed by atoms with Crippen LogP contribution in [0.2, 0.25) is 0 Å². The Bertz CT molecular complexity index is 1030. The molecule has 120 valence electrons. The molecule has 3 N–H and O–H groups in total. The Balaban J connectivity index is 2.07. The lowest BCUT2D eigenvalue weighted by Crippen LogP contribution is -2.08. The summed E-state index contributed by atoms with van der Waals surface area (Å²) in [7, 11) is 0. The van der Waals surface area contributed by atoms with E-state index in [0.717, 1.165) is 12.3 Å². The van der Waals surface area contributed by atoms with E-state index in [1.165, 1.54) is 12.1 Å². The van der Waals surface area contributed by atoms with Crippen LogP contribution in [0.5, 0.6) is 11.7 Å². The summed E-state index contributed by atoms with van der Waals surface area (Å²) in [6.07, 6.45) is 1.09.